The summed E-state index contributed by atoms with van der Waals surface area (Å²) in [6.45, 7) is 2.13. The average molecular weight is 409 g/mol. The number of hydrogen-bond donors (Lipinski definition) is 1. The van der Waals surface area contributed by atoms with E-state index >= 15 is 0 Å². The molecule has 9 heteroatoms. The lowest BCUT2D eigenvalue weighted by Crippen LogP contribution is -2.19. The molecular formula is C19H23NO7S. The molecular weight excluding hydrogens is 386 g/mol. The van der Waals surface area contributed by atoms with Gasteiger partial charge < -0.3 is 23.1 Å². The molecule has 0 spiro atoms. The topological polar surface area (TPSA) is 106 Å². The lowest BCUT2D eigenvalue weighted by molar-refractivity contribution is 0.324. The molecule has 0 unspecified atom stereocenters. The van der Waals surface area contributed by atoms with Crippen LogP contribution in [0.5, 0.6) is 28.7 Å². The van der Waals surface area contributed by atoms with Crippen LogP contribution in [0.3, 0.4) is 0 Å². The van der Waals surface area contributed by atoms with Gasteiger partial charge in [0.25, 0.3) is 0 Å². The first-order chi connectivity index (χ1) is 13.3. The Labute approximate surface area is 164 Å². The summed E-state index contributed by atoms with van der Waals surface area (Å²) < 4.78 is 48.7. The molecule has 0 heterocycles. The molecule has 152 valence electrons. The molecule has 8 nitrogen and oxygen atoms in total. The van der Waals surface area contributed by atoms with E-state index in [9.17, 15) is 8.42 Å². The highest BCUT2D eigenvalue weighted by Gasteiger charge is 2.13. The van der Waals surface area contributed by atoms with Crippen molar-refractivity contribution in [1.29, 1.82) is 0 Å². The molecule has 2 aromatic carbocycles. The molecule has 2 N–H and O–H groups in total. The Morgan fingerprint density at radius 3 is 1.93 bits per heavy atom. The third-order valence-electron chi connectivity index (χ3n) is 3.63. The van der Waals surface area contributed by atoms with E-state index in [0.29, 0.717) is 29.4 Å². The molecule has 28 heavy (non-hydrogen) atoms. The predicted octanol–water partition coefficient (Wildman–Crippen LogP) is 2.86. The van der Waals surface area contributed by atoms with Gasteiger partial charge in [-0.2, -0.15) is 13.6 Å². The quantitative estimate of drug-likeness (QED) is 0.635. The van der Waals surface area contributed by atoms with Gasteiger partial charge in [0.2, 0.25) is 5.75 Å². The van der Waals surface area contributed by atoms with Crippen LogP contribution >= 0.6 is 0 Å². The van der Waals surface area contributed by atoms with E-state index in [4.69, 9.17) is 28.3 Å². The number of hydrogen-bond acceptors (Lipinski definition) is 7. The van der Waals surface area contributed by atoms with Gasteiger partial charge in [0.15, 0.2) is 23.0 Å². The zero-order valence-corrected chi connectivity index (χ0v) is 16.9. The van der Waals surface area contributed by atoms with E-state index in [1.165, 1.54) is 27.4 Å². The van der Waals surface area contributed by atoms with Crippen molar-refractivity contribution in [2.75, 3.05) is 27.9 Å². The first-order valence-electron chi connectivity index (χ1n) is 8.28. The van der Waals surface area contributed by atoms with Gasteiger partial charge >= 0.3 is 10.3 Å². The van der Waals surface area contributed by atoms with Gasteiger partial charge in [-0.15, -0.1) is 0 Å². The number of nitrogens with two attached hydrogens (primary N) is 1. The number of benzene rings is 2. The second-order valence-corrected chi connectivity index (χ2v) is 6.66. The van der Waals surface area contributed by atoms with Crippen molar-refractivity contribution in [2.45, 2.75) is 6.92 Å². The molecule has 2 aromatic rings. The Bertz CT molecular complexity index is 930. The molecule has 0 aliphatic heterocycles. The maximum absolute atomic E-state index is 11.3. The third-order valence-corrected chi connectivity index (χ3v) is 4.04. The minimum atomic E-state index is -4.18. The fourth-order valence-corrected chi connectivity index (χ4v) is 2.86. The van der Waals surface area contributed by atoms with E-state index in [2.05, 4.69) is 0 Å². The van der Waals surface area contributed by atoms with Crippen LogP contribution < -0.4 is 28.3 Å². The zero-order valence-electron chi connectivity index (χ0n) is 16.1. The van der Waals surface area contributed by atoms with Crippen LogP contribution in [0.4, 0.5) is 0 Å². The summed E-state index contributed by atoms with van der Waals surface area (Å²) >= 11 is 0. The molecule has 0 aliphatic rings. The van der Waals surface area contributed by atoms with Gasteiger partial charge in [-0.25, -0.2) is 0 Å². The van der Waals surface area contributed by atoms with E-state index in [1.54, 1.807) is 43.3 Å². The largest absolute Gasteiger partial charge is 0.493 e. The highest BCUT2D eigenvalue weighted by Crippen LogP contribution is 2.38. The molecule has 0 amide bonds. The highest BCUT2D eigenvalue weighted by atomic mass is 32.2. The smallest absolute Gasteiger partial charge is 0.380 e. The first kappa shape index (κ1) is 21.4. The predicted molar refractivity (Wildman–Crippen MR) is 106 cm³/mol. The van der Waals surface area contributed by atoms with Crippen molar-refractivity contribution in [3.8, 4) is 28.7 Å². The van der Waals surface area contributed by atoms with Crippen LogP contribution in [0.1, 0.15) is 18.1 Å². The van der Waals surface area contributed by atoms with Crippen molar-refractivity contribution >= 4 is 22.5 Å². The Balaban J connectivity index is 2.39. The van der Waals surface area contributed by atoms with Gasteiger partial charge in [-0.1, -0.05) is 18.2 Å². The summed E-state index contributed by atoms with van der Waals surface area (Å²) in [6, 6.07) is 8.46. The fraction of sp³-hybridized carbons (Fsp3) is 0.263. The average Bonchev–Trinajstić information content (AvgIpc) is 2.66. The van der Waals surface area contributed by atoms with E-state index in [-0.39, 0.29) is 11.5 Å². The maximum atomic E-state index is 11.3. The Kier molecular flexibility index (Phi) is 7.13. The van der Waals surface area contributed by atoms with Crippen molar-refractivity contribution in [3.63, 3.8) is 0 Å². The number of methoxy groups -OCH3 is 3. The normalized spacial score (nSPS) is 11.3. The van der Waals surface area contributed by atoms with Crippen LogP contribution in [-0.2, 0) is 10.3 Å². The SMILES string of the molecule is CCOc1ccc(/C=C/c2cc(OC)c(OC)c(OC)c2)cc1OS(N)(=O)=O. The minimum absolute atomic E-state index is 0.0105. The second-order valence-electron chi connectivity index (χ2n) is 5.51. The minimum Gasteiger partial charge on any atom is -0.493 e. The molecule has 0 saturated heterocycles. The van der Waals surface area contributed by atoms with Gasteiger partial charge in [0.1, 0.15) is 0 Å². The first-order valence-corrected chi connectivity index (χ1v) is 9.75. The van der Waals surface area contributed by atoms with Crippen LogP contribution in [0.25, 0.3) is 12.2 Å². The van der Waals surface area contributed by atoms with Gasteiger partial charge in [0.05, 0.1) is 27.9 Å². The summed E-state index contributed by atoms with van der Waals surface area (Å²) in [5, 5.41) is 4.98. The highest BCUT2D eigenvalue weighted by molar-refractivity contribution is 7.84. The summed E-state index contributed by atoms with van der Waals surface area (Å²) in [7, 11) is 0.424. The summed E-state index contributed by atoms with van der Waals surface area (Å²) in [5.41, 5.74) is 1.47. The molecule has 0 fully saturated rings. The number of rotatable bonds is 9. The van der Waals surface area contributed by atoms with Crippen molar-refractivity contribution in [1.82, 2.24) is 0 Å². The van der Waals surface area contributed by atoms with E-state index in [1.807, 2.05) is 0 Å². The third kappa shape index (κ3) is 5.54. The zero-order chi connectivity index (χ0) is 20.7. The summed E-state index contributed by atoms with van der Waals surface area (Å²) in [6.07, 6.45) is 3.58. The van der Waals surface area contributed by atoms with Gasteiger partial charge in [-0.3, -0.25) is 0 Å². The van der Waals surface area contributed by atoms with Gasteiger partial charge in [-0.05, 0) is 42.3 Å². The Morgan fingerprint density at radius 2 is 1.43 bits per heavy atom. The molecule has 2 rings (SSSR count). The van der Waals surface area contributed by atoms with Gasteiger partial charge in [0, 0.05) is 0 Å². The standard InChI is InChI=1S/C19H23NO7S/c1-5-26-15-9-8-13(10-16(15)27-28(20,21)22)6-7-14-11-17(23-2)19(25-4)18(12-14)24-3/h6-12H,5H2,1-4H3,(H2,20,21,22)/b7-6+. The molecule has 0 saturated carbocycles. The number of ether oxygens (including phenoxy) is 4. The monoisotopic (exact) mass is 409 g/mol. The van der Waals surface area contributed by atoms with Crippen LogP contribution in [0, 0.1) is 0 Å². The molecule has 0 atom stereocenters. The molecule has 0 aromatic heterocycles. The Hall–Kier alpha value is -2.91. The van der Waals surface area contributed by atoms with Crippen molar-refractivity contribution in [3.05, 3.63) is 41.5 Å². The maximum Gasteiger partial charge on any atom is 0.380 e. The van der Waals surface area contributed by atoms with E-state index < -0.39 is 10.3 Å². The van der Waals surface area contributed by atoms with Crippen LogP contribution in [0.2, 0.25) is 0 Å². The molecule has 0 bridgehead atoms. The fourth-order valence-electron chi connectivity index (χ4n) is 2.48. The van der Waals surface area contributed by atoms with Crippen LogP contribution in [-0.4, -0.2) is 36.4 Å². The summed E-state index contributed by atoms with van der Waals surface area (Å²) in [4.78, 5) is 0. The van der Waals surface area contributed by atoms with E-state index in [0.717, 1.165) is 5.56 Å². The molecule has 0 radical (unpaired) electrons. The lowest BCUT2D eigenvalue weighted by atomic mass is 10.1. The lowest BCUT2D eigenvalue weighted by Gasteiger charge is -2.13. The Morgan fingerprint density at radius 1 is 0.857 bits per heavy atom. The molecule has 0 aliphatic carbocycles. The summed E-state index contributed by atoms with van der Waals surface area (Å²) in [5.74, 6) is 1.82. The van der Waals surface area contributed by atoms with Crippen molar-refractivity contribution < 1.29 is 31.5 Å². The van der Waals surface area contributed by atoms with Crippen molar-refractivity contribution in [2.24, 2.45) is 5.14 Å². The van der Waals surface area contributed by atoms with Crippen LogP contribution in [0.15, 0.2) is 30.3 Å². The second kappa shape index (κ2) is 9.34.